The summed E-state index contributed by atoms with van der Waals surface area (Å²) >= 11 is 1.20. The number of nitrogens with one attached hydrogen (secondary N) is 1. The number of benzene rings is 2. The Hall–Kier alpha value is -3.06. The molecule has 0 unspecified atom stereocenters. The van der Waals surface area contributed by atoms with E-state index in [1.807, 2.05) is 24.3 Å². The normalized spacial score (nSPS) is 11.7. The summed E-state index contributed by atoms with van der Waals surface area (Å²) in [6.07, 6.45) is 0.528. The molecule has 3 aromatic rings. The number of fused-ring (bicyclic) bond motifs is 3. The molecule has 0 saturated carbocycles. The van der Waals surface area contributed by atoms with Crippen LogP contribution >= 0.6 is 11.3 Å². The van der Waals surface area contributed by atoms with Crippen molar-refractivity contribution in [3.63, 3.8) is 0 Å². The van der Waals surface area contributed by atoms with Crippen LogP contribution in [0.1, 0.15) is 38.8 Å². The molecule has 1 N–H and O–H groups in total. The van der Waals surface area contributed by atoms with Crippen molar-refractivity contribution in [2.45, 2.75) is 13.3 Å². The topological polar surface area (TPSA) is 55.4 Å². The summed E-state index contributed by atoms with van der Waals surface area (Å²) in [6, 6.07) is 10.9. The summed E-state index contributed by atoms with van der Waals surface area (Å²) in [5.74, 6) is -3.46. The highest BCUT2D eigenvalue weighted by Gasteiger charge is 2.32. The summed E-state index contributed by atoms with van der Waals surface area (Å²) in [6.45, 7) is 1.86. The van der Waals surface area contributed by atoms with Gasteiger partial charge < -0.3 is 10.1 Å². The number of thiophene rings is 1. The number of carbonyl (C=O) groups is 2. The third-order valence-corrected chi connectivity index (χ3v) is 5.71. The van der Waals surface area contributed by atoms with Crippen LogP contribution in [0.25, 0.3) is 10.4 Å². The Labute approximate surface area is 163 Å². The molecule has 0 atom stereocenters. The van der Waals surface area contributed by atoms with Crippen molar-refractivity contribution in [1.29, 1.82) is 0 Å². The lowest BCUT2D eigenvalue weighted by Gasteiger charge is -2.09. The number of ether oxygens (including phenoxy) is 1. The van der Waals surface area contributed by atoms with E-state index < -0.39 is 29.1 Å². The quantitative estimate of drug-likeness (QED) is 0.490. The van der Waals surface area contributed by atoms with Crippen LogP contribution in [0.2, 0.25) is 0 Å². The van der Waals surface area contributed by atoms with E-state index in [-0.39, 0.29) is 17.2 Å². The summed E-state index contributed by atoms with van der Waals surface area (Å²) in [5.41, 5.74) is 2.36. The van der Waals surface area contributed by atoms with Crippen molar-refractivity contribution < 1.29 is 23.1 Å². The Kier molecular flexibility index (Phi) is 4.68. The molecule has 1 aliphatic rings. The molecule has 4 rings (SSSR count). The van der Waals surface area contributed by atoms with Crippen LogP contribution in [0.3, 0.4) is 0 Å². The number of hydrogen-bond donors (Lipinski definition) is 1. The van der Waals surface area contributed by atoms with Gasteiger partial charge in [0.2, 0.25) is 0 Å². The van der Waals surface area contributed by atoms with Crippen LogP contribution in [0.5, 0.6) is 0 Å². The van der Waals surface area contributed by atoms with E-state index in [0.29, 0.717) is 6.42 Å². The molecule has 0 aliphatic heterocycles. The van der Waals surface area contributed by atoms with Crippen molar-refractivity contribution in [3.8, 4) is 10.4 Å². The number of halogens is 2. The van der Waals surface area contributed by atoms with Gasteiger partial charge in [0.1, 0.15) is 22.2 Å². The first-order valence-corrected chi connectivity index (χ1v) is 9.49. The Bertz CT molecular complexity index is 1090. The number of hydrogen-bond acceptors (Lipinski definition) is 4. The molecule has 28 heavy (non-hydrogen) atoms. The number of rotatable bonds is 4. The van der Waals surface area contributed by atoms with Crippen LogP contribution in [0.15, 0.2) is 42.5 Å². The number of amides is 1. The van der Waals surface area contributed by atoms with Crippen LogP contribution in [0.4, 0.5) is 13.8 Å². The van der Waals surface area contributed by atoms with Crippen molar-refractivity contribution in [2.75, 3.05) is 11.9 Å². The first kappa shape index (κ1) is 18.3. The molecule has 0 saturated heterocycles. The van der Waals surface area contributed by atoms with Crippen molar-refractivity contribution in [1.82, 2.24) is 0 Å². The third-order valence-electron chi connectivity index (χ3n) is 4.53. The monoisotopic (exact) mass is 399 g/mol. The maximum Gasteiger partial charge on any atom is 0.341 e. The Morgan fingerprint density at radius 2 is 1.79 bits per heavy atom. The van der Waals surface area contributed by atoms with Crippen LogP contribution < -0.4 is 5.32 Å². The van der Waals surface area contributed by atoms with E-state index in [0.717, 1.165) is 33.7 Å². The largest absolute Gasteiger partial charge is 0.462 e. The molecule has 0 radical (unpaired) electrons. The summed E-state index contributed by atoms with van der Waals surface area (Å²) in [7, 11) is 0. The highest BCUT2D eigenvalue weighted by atomic mass is 32.1. The van der Waals surface area contributed by atoms with Crippen molar-refractivity contribution in [3.05, 3.63) is 76.4 Å². The molecular weight excluding hydrogens is 384 g/mol. The van der Waals surface area contributed by atoms with Crippen molar-refractivity contribution in [2.24, 2.45) is 0 Å². The number of esters is 1. The maximum absolute atomic E-state index is 14.0. The molecular formula is C21H15F2NO3S. The predicted molar refractivity (Wildman–Crippen MR) is 103 cm³/mol. The maximum atomic E-state index is 14.0. The SMILES string of the molecule is CCOC(=O)c1c(NC(=O)c2c(F)cccc2F)sc2c1Cc1ccccc1-2. The molecule has 142 valence electrons. The fourth-order valence-electron chi connectivity index (χ4n) is 3.33. The molecule has 4 nitrogen and oxygen atoms in total. The second-order valence-electron chi connectivity index (χ2n) is 6.22. The molecule has 1 aromatic heterocycles. The van der Waals surface area contributed by atoms with Gasteiger partial charge in [-0.3, -0.25) is 4.79 Å². The second kappa shape index (κ2) is 7.16. The zero-order chi connectivity index (χ0) is 19.8. The van der Waals surface area contributed by atoms with Crippen molar-refractivity contribution >= 4 is 28.2 Å². The molecule has 0 bridgehead atoms. The first-order chi connectivity index (χ1) is 13.5. The molecule has 1 aliphatic carbocycles. The van der Waals surface area contributed by atoms with Gasteiger partial charge in [-0.25, -0.2) is 13.6 Å². The summed E-state index contributed by atoms with van der Waals surface area (Å²) in [4.78, 5) is 25.9. The minimum atomic E-state index is -0.968. The zero-order valence-corrected chi connectivity index (χ0v) is 15.7. The first-order valence-electron chi connectivity index (χ1n) is 8.67. The Balaban J connectivity index is 1.78. The fourth-order valence-corrected chi connectivity index (χ4v) is 4.59. The van der Waals surface area contributed by atoms with Gasteiger partial charge in [-0.15, -0.1) is 11.3 Å². The zero-order valence-electron chi connectivity index (χ0n) is 14.8. The highest BCUT2D eigenvalue weighted by molar-refractivity contribution is 7.20. The molecule has 2 aromatic carbocycles. The lowest BCUT2D eigenvalue weighted by molar-refractivity contribution is 0.0527. The van der Waals surface area contributed by atoms with E-state index in [1.54, 1.807) is 6.92 Å². The van der Waals surface area contributed by atoms with Gasteiger partial charge in [0.25, 0.3) is 5.91 Å². The van der Waals surface area contributed by atoms with Gasteiger partial charge in [-0.1, -0.05) is 30.3 Å². The van der Waals surface area contributed by atoms with Crippen LogP contribution in [-0.4, -0.2) is 18.5 Å². The van der Waals surface area contributed by atoms with Gasteiger partial charge in [-0.2, -0.15) is 0 Å². The van der Waals surface area contributed by atoms with E-state index in [9.17, 15) is 18.4 Å². The van der Waals surface area contributed by atoms with Gasteiger partial charge >= 0.3 is 5.97 Å². The Morgan fingerprint density at radius 1 is 1.07 bits per heavy atom. The predicted octanol–water partition coefficient (Wildman–Crippen LogP) is 5.03. The number of carbonyl (C=O) groups excluding carboxylic acids is 2. The minimum Gasteiger partial charge on any atom is -0.462 e. The lowest BCUT2D eigenvalue weighted by atomic mass is 10.1. The average Bonchev–Trinajstić information content (AvgIpc) is 3.17. The fraction of sp³-hybridized carbons (Fsp3) is 0.143. The smallest absolute Gasteiger partial charge is 0.341 e. The molecule has 0 spiro atoms. The van der Waals surface area contributed by atoms with Gasteiger partial charge in [0, 0.05) is 11.3 Å². The van der Waals surface area contributed by atoms with E-state index in [1.165, 1.54) is 17.4 Å². The number of anilines is 1. The van der Waals surface area contributed by atoms with E-state index >= 15 is 0 Å². The van der Waals surface area contributed by atoms with Crippen LogP contribution in [-0.2, 0) is 11.2 Å². The Morgan fingerprint density at radius 3 is 2.50 bits per heavy atom. The van der Waals surface area contributed by atoms with Gasteiger partial charge in [0.05, 0.1) is 12.2 Å². The third kappa shape index (κ3) is 2.97. The molecule has 1 amide bonds. The standard InChI is InChI=1S/C21H15F2NO3S/c1-2-27-21(26)16-13-10-11-6-3-4-7-12(11)18(13)28-20(16)24-19(25)17-14(22)8-5-9-15(17)23/h3-9H,2,10H2,1H3,(H,24,25). The summed E-state index contributed by atoms with van der Waals surface area (Å²) in [5, 5.41) is 2.73. The molecule has 7 heteroatoms. The second-order valence-corrected chi connectivity index (χ2v) is 7.24. The average molecular weight is 399 g/mol. The molecule has 0 fully saturated rings. The molecule has 1 heterocycles. The summed E-state index contributed by atoms with van der Waals surface area (Å²) < 4.78 is 33.1. The van der Waals surface area contributed by atoms with Crippen LogP contribution in [0, 0.1) is 11.6 Å². The van der Waals surface area contributed by atoms with E-state index in [2.05, 4.69) is 5.32 Å². The highest BCUT2D eigenvalue weighted by Crippen LogP contribution is 2.47. The van der Waals surface area contributed by atoms with Gasteiger partial charge in [-0.05, 0) is 35.7 Å². The minimum absolute atomic E-state index is 0.172. The van der Waals surface area contributed by atoms with E-state index in [4.69, 9.17) is 4.74 Å². The lowest BCUT2D eigenvalue weighted by Crippen LogP contribution is -2.17. The van der Waals surface area contributed by atoms with Gasteiger partial charge in [0.15, 0.2) is 0 Å².